The highest BCUT2D eigenvalue weighted by atomic mass is 16.5. The van der Waals surface area contributed by atoms with Gasteiger partial charge in [-0.3, -0.25) is 0 Å². The van der Waals surface area contributed by atoms with E-state index in [1.165, 1.54) is 63.4 Å². The SMILES string of the molecule is CCCCCCCCCCc1cnc(-c2ccc(OCC3(O)CCCCC3)cc2)nc1. The van der Waals surface area contributed by atoms with Gasteiger partial charge in [-0.1, -0.05) is 71.1 Å². The molecule has 170 valence electrons. The number of rotatable bonds is 13. The fourth-order valence-corrected chi connectivity index (χ4v) is 4.37. The summed E-state index contributed by atoms with van der Waals surface area (Å²) in [6.07, 6.45) is 20.8. The van der Waals surface area contributed by atoms with Crippen LogP contribution in [0.15, 0.2) is 36.7 Å². The molecule has 4 nitrogen and oxygen atoms in total. The predicted octanol–water partition coefficient (Wildman–Crippen LogP) is 6.90. The van der Waals surface area contributed by atoms with Crippen LogP contribution < -0.4 is 4.74 Å². The molecule has 0 bridgehead atoms. The highest BCUT2D eigenvalue weighted by molar-refractivity contribution is 5.55. The van der Waals surface area contributed by atoms with E-state index >= 15 is 0 Å². The summed E-state index contributed by atoms with van der Waals surface area (Å²) in [7, 11) is 0. The molecule has 31 heavy (non-hydrogen) atoms. The van der Waals surface area contributed by atoms with Crippen molar-refractivity contribution in [1.82, 2.24) is 9.97 Å². The van der Waals surface area contributed by atoms with E-state index in [1.807, 2.05) is 36.7 Å². The maximum atomic E-state index is 10.6. The van der Waals surface area contributed by atoms with Gasteiger partial charge in [-0.25, -0.2) is 9.97 Å². The first-order valence-corrected chi connectivity index (χ1v) is 12.5. The number of ether oxygens (including phenoxy) is 1. The number of hydrogen-bond acceptors (Lipinski definition) is 4. The Morgan fingerprint density at radius 1 is 0.839 bits per heavy atom. The third-order valence-electron chi connectivity index (χ3n) is 6.43. The zero-order valence-electron chi connectivity index (χ0n) is 19.3. The first kappa shape index (κ1) is 23.7. The Labute approximate surface area is 188 Å². The van der Waals surface area contributed by atoms with Gasteiger partial charge < -0.3 is 9.84 Å². The molecule has 0 radical (unpaired) electrons. The van der Waals surface area contributed by atoms with Gasteiger partial charge >= 0.3 is 0 Å². The molecule has 0 atom stereocenters. The minimum absolute atomic E-state index is 0.371. The van der Waals surface area contributed by atoms with E-state index in [9.17, 15) is 5.11 Å². The van der Waals surface area contributed by atoms with Crippen LogP contribution in [0.4, 0.5) is 0 Å². The molecule has 1 N–H and O–H groups in total. The Hall–Kier alpha value is -1.94. The summed E-state index contributed by atoms with van der Waals surface area (Å²) in [4.78, 5) is 9.13. The van der Waals surface area contributed by atoms with Gasteiger partial charge in [0.1, 0.15) is 12.4 Å². The Bertz CT molecular complexity index is 737. The number of unbranched alkanes of at least 4 members (excludes halogenated alkanes) is 7. The van der Waals surface area contributed by atoms with Crippen LogP contribution in [-0.4, -0.2) is 27.3 Å². The van der Waals surface area contributed by atoms with Crippen molar-refractivity contribution in [1.29, 1.82) is 0 Å². The number of nitrogens with zero attached hydrogens (tertiary/aromatic N) is 2. The predicted molar refractivity (Wildman–Crippen MR) is 127 cm³/mol. The zero-order valence-corrected chi connectivity index (χ0v) is 19.3. The molecular formula is C27H40N2O2. The van der Waals surface area contributed by atoms with E-state index in [-0.39, 0.29) is 0 Å². The van der Waals surface area contributed by atoms with Gasteiger partial charge in [0.25, 0.3) is 0 Å². The summed E-state index contributed by atoms with van der Waals surface area (Å²) >= 11 is 0. The first-order chi connectivity index (χ1) is 15.2. The van der Waals surface area contributed by atoms with Crippen molar-refractivity contribution in [2.75, 3.05) is 6.61 Å². The Kier molecular flexibility index (Phi) is 9.80. The lowest BCUT2D eigenvalue weighted by atomic mass is 9.85. The number of aliphatic hydroxyl groups is 1. The van der Waals surface area contributed by atoms with E-state index in [2.05, 4.69) is 16.9 Å². The van der Waals surface area contributed by atoms with Crippen LogP contribution in [0, 0.1) is 0 Å². The van der Waals surface area contributed by atoms with Gasteiger partial charge in [0, 0.05) is 18.0 Å². The third-order valence-corrected chi connectivity index (χ3v) is 6.43. The average molecular weight is 425 g/mol. The molecule has 1 aliphatic rings. The summed E-state index contributed by atoms with van der Waals surface area (Å²) in [6, 6.07) is 7.88. The maximum Gasteiger partial charge on any atom is 0.159 e. The van der Waals surface area contributed by atoms with Gasteiger partial charge in [0.05, 0.1) is 5.60 Å². The fourth-order valence-electron chi connectivity index (χ4n) is 4.37. The topological polar surface area (TPSA) is 55.2 Å². The molecule has 2 aromatic rings. The Balaban J connectivity index is 1.39. The lowest BCUT2D eigenvalue weighted by Crippen LogP contribution is -2.37. The molecule has 0 saturated heterocycles. The second-order valence-corrected chi connectivity index (χ2v) is 9.24. The third kappa shape index (κ3) is 8.25. The van der Waals surface area contributed by atoms with Crippen molar-refractivity contribution in [3.05, 3.63) is 42.2 Å². The van der Waals surface area contributed by atoms with Gasteiger partial charge in [0.15, 0.2) is 5.82 Å². The molecule has 1 saturated carbocycles. The van der Waals surface area contributed by atoms with E-state index in [4.69, 9.17) is 4.74 Å². The number of hydrogen-bond donors (Lipinski definition) is 1. The van der Waals surface area contributed by atoms with Crippen molar-refractivity contribution in [2.24, 2.45) is 0 Å². The number of aryl methyl sites for hydroxylation is 1. The van der Waals surface area contributed by atoms with Crippen LogP contribution in [0.2, 0.25) is 0 Å². The van der Waals surface area contributed by atoms with E-state index < -0.39 is 5.60 Å². The smallest absolute Gasteiger partial charge is 0.159 e. The van der Waals surface area contributed by atoms with Gasteiger partial charge in [0.2, 0.25) is 0 Å². The van der Waals surface area contributed by atoms with Crippen LogP contribution in [0.5, 0.6) is 5.75 Å². The van der Waals surface area contributed by atoms with Crippen molar-refractivity contribution < 1.29 is 9.84 Å². The van der Waals surface area contributed by atoms with Crippen LogP contribution in [0.3, 0.4) is 0 Å². The van der Waals surface area contributed by atoms with Crippen molar-refractivity contribution >= 4 is 0 Å². The maximum absolute atomic E-state index is 10.6. The van der Waals surface area contributed by atoms with Crippen molar-refractivity contribution in [2.45, 2.75) is 102 Å². The molecule has 0 aliphatic heterocycles. The molecular weight excluding hydrogens is 384 g/mol. The van der Waals surface area contributed by atoms with Crippen molar-refractivity contribution in [3.63, 3.8) is 0 Å². The number of benzene rings is 1. The molecule has 1 aliphatic carbocycles. The van der Waals surface area contributed by atoms with Crippen LogP contribution in [0.1, 0.15) is 96.0 Å². The molecule has 4 heteroatoms. The highest BCUT2D eigenvalue weighted by Crippen LogP contribution is 2.29. The molecule has 1 fully saturated rings. The Morgan fingerprint density at radius 2 is 1.45 bits per heavy atom. The quantitative estimate of drug-likeness (QED) is 0.355. The lowest BCUT2D eigenvalue weighted by Gasteiger charge is -2.31. The molecule has 0 spiro atoms. The van der Waals surface area contributed by atoms with Gasteiger partial charge in [-0.2, -0.15) is 0 Å². The van der Waals surface area contributed by atoms with Crippen LogP contribution in [-0.2, 0) is 6.42 Å². The second kappa shape index (κ2) is 12.8. The zero-order chi connectivity index (χ0) is 21.8. The molecule has 3 rings (SSSR count). The first-order valence-electron chi connectivity index (χ1n) is 12.5. The standard InChI is InChI=1S/C27H40N2O2/c1-2-3-4-5-6-7-8-10-13-23-20-28-26(29-21-23)24-14-16-25(17-15-24)31-22-27(30)18-11-9-12-19-27/h14-17,20-21,30H,2-13,18-19,22H2,1H3. The highest BCUT2D eigenvalue weighted by Gasteiger charge is 2.29. The van der Waals surface area contributed by atoms with Gasteiger partial charge in [-0.15, -0.1) is 0 Å². The summed E-state index contributed by atoms with van der Waals surface area (Å²) in [5.41, 5.74) is 1.54. The second-order valence-electron chi connectivity index (χ2n) is 9.24. The van der Waals surface area contributed by atoms with Crippen molar-refractivity contribution in [3.8, 4) is 17.1 Å². The minimum Gasteiger partial charge on any atom is -0.491 e. The average Bonchev–Trinajstić information content (AvgIpc) is 2.81. The lowest BCUT2D eigenvalue weighted by molar-refractivity contribution is -0.0339. The fraction of sp³-hybridized carbons (Fsp3) is 0.630. The normalized spacial score (nSPS) is 15.7. The van der Waals surface area contributed by atoms with Crippen LogP contribution >= 0.6 is 0 Å². The summed E-state index contributed by atoms with van der Waals surface area (Å²) in [5.74, 6) is 1.53. The molecule has 1 aromatic carbocycles. The summed E-state index contributed by atoms with van der Waals surface area (Å²) in [6.45, 7) is 2.64. The monoisotopic (exact) mass is 424 g/mol. The molecule has 1 aromatic heterocycles. The van der Waals surface area contributed by atoms with E-state index in [1.54, 1.807) is 0 Å². The van der Waals surface area contributed by atoms with Gasteiger partial charge in [-0.05, 0) is 55.5 Å². The minimum atomic E-state index is -0.662. The number of aromatic nitrogens is 2. The molecule has 1 heterocycles. The van der Waals surface area contributed by atoms with Crippen LogP contribution in [0.25, 0.3) is 11.4 Å². The molecule has 0 unspecified atom stereocenters. The molecule has 0 amide bonds. The van der Waals surface area contributed by atoms with E-state index in [0.29, 0.717) is 6.61 Å². The summed E-state index contributed by atoms with van der Waals surface area (Å²) < 4.78 is 5.86. The summed E-state index contributed by atoms with van der Waals surface area (Å²) in [5, 5.41) is 10.6. The Morgan fingerprint density at radius 3 is 2.10 bits per heavy atom. The largest absolute Gasteiger partial charge is 0.491 e. The van der Waals surface area contributed by atoms with E-state index in [0.717, 1.165) is 49.2 Å².